The Morgan fingerprint density at radius 2 is 1.69 bits per heavy atom. The molecular weight excluding hydrogens is 402 g/mol. The van der Waals surface area contributed by atoms with Gasteiger partial charge in [0.05, 0.1) is 14.2 Å². The third kappa shape index (κ3) is 4.42. The van der Waals surface area contributed by atoms with Crippen LogP contribution >= 0.6 is 0 Å². The van der Waals surface area contributed by atoms with Crippen LogP contribution < -0.4 is 9.47 Å². The van der Waals surface area contributed by atoms with Crippen molar-refractivity contribution >= 4 is 5.91 Å². The summed E-state index contributed by atoms with van der Waals surface area (Å²) in [6.07, 6.45) is 2.51. The number of aromatic hydroxyl groups is 1. The number of methoxy groups -OCH3 is 2. The van der Waals surface area contributed by atoms with E-state index in [0.717, 1.165) is 30.4 Å². The summed E-state index contributed by atoms with van der Waals surface area (Å²) < 4.78 is 11.0. The van der Waals surface area contributed by atoms with Gasteiger partial charge in [0.25, 0.3) is 5.91 Å². The summed E-state index contributed by atoms with van der Waals surface area (Å²) in [6, 6.07) is 19.4. The number of hydrogen-bond acceptors (Lipinski definition) is 4. The molecule has 3 aromatic rings. The first-order chi connectivity index (χ1) is 15.5. The number of carbonyl (C=O) groups excluding carboxylic acids is 1. The highest BCUT2D eigenvalue weighted by Crippen LogP contribution is 2.33. The zero-order valence-electron chi connectivity index (χ0n) is 18.8. The molecule has 0 radical (unpaired) electrons. The number of ether oxygens (including phenoxy) is 2. The van der Waals surface area contributed by atoms with Gasteiger partial charge in [0.1, 0.15) is 17.2 Å². The van der Waals surface area contributed by atoms with E-state index in [4.69, 9.17) is 9.47 Å². The van der Waals surface area contributed by atoms with Gasteiger partial charge >= 0.3 is 0 Å². The highest BCUT2D eigenvalue weighted by molar-refractivity contribution is 5.95. The average Bonchev–Trinajstić information content (AvgIpc) is 2.82. The van der Waals surface area contributed by atoms with E-state index >= 15 is 0 Å². The molecule has 0 saturated heterocycles. The lowest BCUT2D eigenvalue weighted by Gasteiger charge is -2.37. The number of phenolic OH excluding ortho intramolecular Hbond substituents is 1. The first kappa shape index (κ1) is 21.8. The molecule has 5 nitrogen and oxygen atoms in total. The lowest BCUT2D eigenvalue weighted by atomic mass is 9.89. The van der Waals surface area contributed by atoms with Crippen LogP contribution in [0.2, 0.25) is 0 Å². The fourth-order valence-corrected chi connectivity index (χ4v) is 4.48. The molecule has 32 heavy (non-hydrogen) atoms. The summed E-state index contributed by atoms with van der Waals surface area (Å²) in [6.45, 7) is 2.37. The van der Waals surface area contributed by atoms with E-state index in [1.165, 1.54) is 11.1 Å². The second-order valence-electron chi connectivity index (χ2n) is 8.27. The Balaban J connectivity index is 1.67. The standard InChI is InChI=1S/C27H29NO4/c1-18-25(31-2)15-21(16-26(18)32-3)27(30)28-17-22-14-24(29)12-10-20(22)13-23(28)11-9-19-7-5-4-6-8-19/h4-8,10,12,14-16,23,29H,9,11,13,17H2,1-3H3. The second kappa shape index (κ2) is 9.35. The van der Waals surface area contributed by atoms with Crippen LogP contribution in [0.15, 0.2) is 60.7 Å². The molecule has 1 aliphatic rings. The largest absolute Gasteiger partial charge is 0.508 e. The fraction of sp³-hybridized carbons (Fsp3) is 0.296. The number of aryl methyl sites for hydroxylation is 1. The SMILES string of the molecule is COc1cc(C(=O)N2Cc3cc(O)ccc3CC2CCc2ccccc2)cc(OC)c1C. The van der Waals surface area contributed by atoms with Crippen molar-refractivity contribution in [2.75, 3.05) is 14.2 Å². The molecule has 5 heteroatoms. The Labute approximate surface area is 189 Å². The monoisotopic (exact) mass is 431 g/mol. The van der Waals surface area contributed by atoms with Crippen molar-refractivity contribution in [2.45, 2.75) is 38.8 Å². The number of carbonyl (C=O) groups is 1. The zero-order chi connectivity index (χ0) is 22.7. The van der Waals surface area contributed by atoms with E-state index < -0.39 is 0 Å². The minimum atomic E-state index is -0.0614. The van der Waals surface area contributed by atoms with E-state index in [-0.39, 0.29) is 17.7 Å². The number of amides is 1. The normalized spacial score (nSPS) is 15.2. The molecule has 1 amide bonds. The molecule has 1 atom stereocenters. The number of phenols is 1. The number of rotatable bonds is 6. The van der Waals surface area contributed by atoms with Crippen LogP contribution in [-0.4, -0.2) is 36.2 Å². The lowest BCUT2D eigenvalue weighted by Crippen LogP contribution is -2.44. The molecule has 1 aliphatic heterocycles. The van der Waals surface area contributed by atoms with Crippen molar-refractivity contribution in [2.24, 2.45) is 0 Å². The van der Waals surface area contributed by atoms with Crippen molar-refractivity contribution in [3.05, 3.63) is 88.5 Å². The summed E-state index contributed by atoms with van der Waals surface area (Å²) in [7, 11) is 3.19. The van der Waals surface area contributed by atoms with Crippen molar-refractivity contribution in [3.8, 4) is 17.2 Å². The molecule has 166 valence electrons. The summed E-state index contributed by atoms with van der Waals surface area (Å²) in [5, 5.41) is 9.98. The molecule has 0 saturated carbocycles. The van der Waals surface area contributed by atoms with Crippen LogP contribution in [0.3, 0.4) is 0 Å². The maximum Gasteiger partial charge on any atom is 0.254 e. The predicted molar refractivity (Wildman–Crippen MR) is 125 cm³/mol. The highest BCUT2D eigenvalue weighted by Gasteiger charge is 2.31. The summed E-state index contributed by atoms with van der Waals surface area (Å²) >= 11 is 0. The topological polar surface area (TPSA) is 59.0 Å². The number of benzene rings is 3. The zero-order valence-corrected chi connectivity index (χ0v) is 18.8. The Bertz CT molecular complexity index is 1080. The number of hydrogen-bond donors (Lipinski definition) is 1. The minimum absolute atomic E-state index is 0.0537. The van der Waals surface area contributed by atoms with E-state index in [1.54, 1.807) is 38.5 Å². The third-order valence-corrected chi connectivity index (χ3v) is 6.30. The smallest absolute Gasteiger partial charge is 0.254 e. The van der Waals surface area contributed by atoms with E-state index in [2.05, 4.69) is 12.1 Å². The third-order valence-electron chi connectivity index (χ3n) is 6.30. The first-order valence-electron chi connectivity index (χ1n) is 10.9. The molecular formula is C27H29NO4. The van der Waals surface area contributed by atoms with Crippen LogP contribution in [0.5, 0.6) is 17.2 Å². The molecule has 0 fully saturated rings. The van der Waals surface area contributed by atoms with Crippen LogP contribution in [0.25, 0.3) is 0 Å². The van der Waals surface area contributed by atoms with Gasteiger partial charge in [-0.15, -0.1) is 0 Å². The van der Waals surface area contributed by atoms with Crippen LogP contribution in [0.1, 0.15) is 39.0 Å². The van der Waals surface area contributed by atoms with Gasteiger partial charge in [0.15, 0.2) is 0 Å². The quantitative estimate of drug-likeness (QED) is 0.602. The van der Waals surface area contributed by atoms with Gasteiger partial charge in [0, 0.05) is 23.7 Å². The fourth-order valence-electron chi connectivity index (χ4n) is 4.48. The molecule has 0 spiro atoms. The van der Waals surface area contributed by atoms with Crippen LogP contribution in [0, 0.1) is 6.92 Å². The maximum atomic E-state index is 13.7. The van der Waals surface area contributed by atoms with E-state index in [1.807, 2.05) is 36.1 Å². The van der Waals surface area contributed by atoms with E-state index in [9.17, 15) is 9.90 Å². The predicted octanol–water partition coefficient (Wildman–Crippen LogP) is 4.92. The Kier molecular flexibility index (Phi) is 6.35. The molecule has 0 aromatic heterocycles. The molecule has 3 aromatic carbocycles. The molecule has 1 heterocycles. The molecule has 0 bridgehead atoms. The minimum Gasteiger partial charge on any atom is -0.508 e. The van der Waals surface area contributed by atoms with Crippen LogP contribution in [-0.2, 0) is 19.4 Å². The molecule has 1 unspecified atom stereocenters. The van der Waals surface area contributed by atoms with Crippen molar-refractivity contribution < 1.29 is 19.4 Å². The van der Waals surface area contributed by atoms with Gasteiger partial charge in [-0.1, -0.05) is 36.4 Å². The second-order valence-corrected chi connectivity index (χ2v) is 8.27. The Morgan fingerprint density at radius 3 is 2.34 bits per heavy atom. The summed E-state index contributed by atoms with van der Waals surface area (Å²) in [5.74, 6) is 1.42. The molecule has 4 rings (SSSR count). The van der Waals surface area contributed by atoms with Gasteiger partial charge in [0.2, 0.25) is 0 Å². The van der Waals surface area contributed by atoms with Crippen molar-refractivity contribution in [1.29, 1.82) is 0 Å². The number of nitrogens with zero attached hydrogens (tertiary/aromatic N) is 1. The lowest BCUT2D eigenvalue weighted by molar-refractivity contribution is 0.0628. The van der Waals surface area contributed by atoms with Crippen LogP contribution in [0.4, 0.5) is 0 Å². The molecule has 0 aliphatic carbocycles. The van der Waals surface area contributed by atoms with Gasteiger partial charge in [-0.25, -0.2) is 0 Å². The Hall–Kier alpha value is -3.47. The Morgan fingerprint density at radius 1 is 1.00 bits per heavy atom. The van der Waals surface area contributed by atoms with Gasteiger partial charge in [-0.3, -0.25) is 4.79 Å². The summed E-state index contributed by atoms with van der Waals surface area (Å²) in [5.41, 5.74) is 4.83. The first-order valence-corrected chi connectivity index (χ1v) is 10.9. The summed E-state index contributed by atoms with van der Waals surface area (Å²) in [4.78, 5) is 15.6. The number of fused-ring (bicyclic) bond motifs is 1. The highest BCUT2D eigenvalue weighted by atomic mass is 16.5. The van der Waals surface area contributed by atoms with E-state index in [0.29, 0.717) is 23.6 Å². The molecule has 1 N–H and O–H groups in total. The van der Waals surface area contributed by atoms with Gasteiger partial charge < -0.3 is 19.5 Å². The van der Waals surface area contributed by atoms with Crippen molar-refractivity contribution in [1.82, 2.24) is 4.90 Å². The average molecular weight is 432 g/mol. The van der Waals surface area contributed by atoms with Crippen molar-refractivity contribution in [3.63, 3.8) is 0 Å². The van der Waals surface area contributed by atoms with Gasteiger partial charge in [-0.2, -0.15) is 0 Å². The van der Waals surface area contributed by atoms with Gasteiger partial charge in [-0.05, 0) is 67.1 Å². The maximum absolute atomic E-state index is 13.7.